The largest absolute Gasteiger partial charge is 0.249 e. The molecule has 4 heteroatoms. The smallest absolute Gasteiger partial charge is 0.234 e. The maximum absolute atomic E-state index is 4.64. The second-order valence-electron chi connectivity index (χ2n) is 6.31. The molecule has 4 rings (SSSR count). The molecule has 0 aliphatic heterocycles. The Morgan fingerprint density at radius 2 is 1.64 bits per heavy atom. The topological polar surface area (TPSA) is 26.6 Å². The van der Waals surface area contributed by atoms with Gasteiger partial charge < -0.3 is 0 Å². The highest BCUT2D eigenvalue weighted by Gasteiger charge is 2.15. The fourth-order valence-corrected chi connectivity index (χ4v) is 3.16. The minimum Gasteiger partial charge on any atom is -0.234 e. The van der Waals surface area contributed by atoms with Crippen LogP contribution in [0.3, 0.4) is 0 Å². The van der Waals surface area contributed by atoms with Crippen molar-refractivity contribution in [2.75, 3.05) is 0 Å². The molecule has 0 radical (unpaired) electrons. The van der Waals surface area contributed by atoms with Crippen molar-refractivity contribution in [3.63, 3.8) is 0 Å². The van der Waals surface area contributed by atoms with Gasteiger partial charge in [0, 0.05) is 5.69 Å². The van der Waals surface area contributed by atoms with Crippen LogP contribution in [-0.4, -0.2) is 14.3 Å². The summed E-state index contributed by atoms with van der Waals surface area (Å²) in [6, 6.07) is 20.9. The maximum Gasteiger partial charge on any atom is 0.249 e. The molecule has 2 aromatic heterocycles. The summed E-state index contributed by atoms with van der Waals surface area (Å²) in [6.07, 6.45) is 6.32. The van der Waals surface area contributed by atoms with Crippen LogP contribution in [-0.2, 0) is 6.54 Å². The van der Waals surface area contributed by atoms with Crippen molar-refractivity contribution < 1.29 is 4.57 Å². The number of hydrogen-bond donors (Lipinski definition) is 0. The van der Waals surface area contributed by atoms with Gasteiger partial charge in [-0.05, 0) is 37.6 Å². The van der Waals surface area contributed by atoms with Crippen LogP contribution in [0.15, 0.2) is 79.4 Å². The number of benzene rings is 2. The first-order chi connectivity index (χ1) is 12.2. The highest BCUT2D eigenvalue weighted by atomic mass is 15.3. The molecule has 0 aliphatic rings. The summed E-state index contributed by atoms with van der Waals surface area (Å²) in [7, 11) is 0. The van der Waals surface area contributed by atoms with Gasteiger partial charge in [-0.2, -0.15) is 5.10 Å². The normalized spacial score (nSPS) is 11.0. The molecular formula is C21H21N4+. The van der Waals surface area contributed by atoms with Crippen molar-refractivity contribution in [1.29, 1.82) is 0 Å². The number of imidazole rings is 1. The first-order valence-electron chi connectivity index (χ1n) is 8.45. The van der Waals surface area contributed by atoms with Crippen LogP contribution in [0, 0.1) is 13.8 Å². The molecule has 4 aromatic rings. The molecule has 25 heavy (non-hydrogen) atoms. The molecule has 0 unspecified atom stereocenters. The predicted molar refractivity (Wildman–Crippen MR) is 98.1 cm³/mol. The van der Waals surface area contributed by atoms with Crippen LogP contribution in [0.2, 0.25) is 0 Å². The molecular weight excluding hydrogens is 308 g/mol. The molecule has 0 N–H and O–H groups in total. The minimum absolute atomic E-state index is 0.857. The Kier molecular flexibility index (Phi) is 3.94. The molecule has 0 spiro atoms. The third kappa shape index (κ3) is 3.11. The summed E-state index contributed by atoms with van der Waals surface area (Å²) in [5, 5.41) is 4.64. The van der Waals surface area contributed by atoms with Gasteiger partial charge in [-0.25, -0.2) is 13.8 Å². The predicted octanol–water partition coefficient (Wildman–Crippen LogP) is 3.62. The van der Waals surface area contributed by atoms with E-state index < -0.39 is 0 Å². The quantitative estimate of drug-likeness (QED) is 0.525. The SMILES string of the molecule is Cc1cc(C)n(-c2ccccc2-n2cc[n+](Cc3ccccc3)c2)n1. The first kappa shape index (κ1) is 15.4. The molecule has 0 amide bonds. The van der Waals surface area contributed by atoms with Crippen LogP contribution in [0.5, 0.6) is 0 Å². The van der Waals surface area contributed by atoms with Crippen molar-refractivity contribution in [2.24, 2.45) is 0 Å². The second kappa shape index (κ2) is 6.40. The third-order valence-corrected chi connectivity index (χ3v) is 4.30. The van der Waals surface area contributed by atoms with E-state index in [2.05, 4.69) is 94.5 Å². The Balaban J connectivity index is 1.70. The van der Waals surface area contributed by atoms with Gasteiger partial charge in [0.15, 0.2) is 5.69 Å². The molecule has 4 nitrogen and oxygen atoms in total. The number of rotatable bonds is 4. The molecule has 0 fully saturated rings. The monoisotopic (exact) mass is 329 g/mol. The standard InChI is InChI=1S/C21H21N4/c1-17-14-18(2)25(22-17)21-11-7-6-10-20(21)24-13-12-23(16-24)15-19-8-4-3-5-9-19/h3-14,16H,15H2,1-2H3/q+1. The van der Waals surface area contributed by atoms with Gasteiger partial charge in [0.25, 0.3) is 0 Å². The Labute approximate surface area is 147 Å². The average Bonchev–Trinajstić information content (AvgIpc) is 3.22. The van der Waals surface area contributed by atoms with Gasteiger partial charge in [-0.1, -0.05) is 42.5 Å². The van der Waals surface area contributed by atoms with E-state index in [0.717, 1.165) is 29.3 Å². The van der Waals surface area contributed by atoms with Crippen molar-refractivity contribution in [3.05, 3.63) is 96.3 Å². The second-order valence-corrected chi connectivity index (χ2v) is 6.31. The Hall–Kier alpha value is -3.14. The summed E-state index contributed by atoms with van der Waals surface area (Å²) in [4.78, 5) is 0. The van der Waals surface area contributed by atoms with Gasteiger partial charge in [0.2, 0.25) is 6.33 Å². The van der Waals surface area contributed by atoms with Crippen LogP contribution >= 0.6 is 0 Å². The molecule has 124 valence electrons. The Bertz CT molecular complexity index is 996. The lowest BCUT2D eigenvalue weighted by Crippen LogP contribution is -2.31. The number of nitrogens with zero attached hydrogens (tertiary/aromatic N) is 4. The van der Waals surface area contributed by atoms with Gasteiger partial charge >= 0.3 is 0 Å². The lowest BCUT2D eigenvalue weighted by molar-refractivity contribution is -0.687. The molecule has 0 atom stereocenters. The maximum atomic E-state index is 4.64. The highest BCUT2D eigenvalue weighted by Crippen LogP contribution is 2.20. The van der Waals surface area contributed by atoms with Crippen molar-refractivity contribution >= 4 is 0 Å². The van der Waals surface area contributed by atoms with E-state index in [0.29, 0.717) is 0 Å². The highest BCUT2D eigenvalue weighted by molar-refractivity contribution is 5.52. The van der Waals surface area contributed by atoms with Crippen molar-refractivity contribution in [2.45, 2.75) is 20.4 Å². The van der Waals surface area contributed by atoms with E-state index in [1.54, 1.807) is 0 Å². The van der Waals surface area contributed by atoms with Crippen molar-refractivity contribution in [3.8, 4) is 11.4 Å². The van der Waals surface area contributed by atoms with E-state index in [9.17, 15) is 0 Å². The minimum atomic E-state index is 0.857. The fourth-order valence-electron chi connectivity index (χ4n) is 3.16. The van der Waals surface area contributed by atoms with Gasteiger partial charge in [-0.3, -0.25) is 0 Å². The molecule has 0 bridgehead atoms. The zero-order chi connectivity index (χ0) is 17.2. The molecule has 0 aliphatic carbocycles. The zero-order valence-electron chi connectivity index (χ0n) is 14.5. The molecule has 2 heterocycles. The summed E-state index contributed by atoms with van der Waals surface area (Å²) in [5.74, 6) is 0. The van der Waals surface area contributed by atoms with Crippen LogP contribution in [0.4, 0.5) is 0 Å². The van der Waals surface area contributed by atoms with Gasteiger partial charge in [0.1, 0.15) is 24.6 Å². The number of para-hydroxylation sites is 2. The van der Waals surface area contributed by atoms with Gasteiger partial charge in [0.05, 0.1) is 5.69 Å². The van der Waals surface area contributed by atoms with E-state index in [1.165, 1.54) is 5.56 Å². The lowest BCUT2D eigenvalue weighted by atomic mass is 10.2. The zero-order valence-corrected chi connectivity index (χ0v) is 14.5. The number of aromatic nitrogens is 4. The molecule has 0 saturated carbocycles. The van der Waals surface area contributed by atoms with Crippen LogP contribution < -0.4 is 4.57 Å². The van der Waals surface area contributed by atoms with E-state index >= 15 is 0 Å². The molecule has 2 aromatic carbocycles. The number of hydrogen-bond acceptors (Lipinski definition) is 1. The van der Waals surface area contributed by atoms with E-state index in [1.807, 2.05) is 17.7 Å². The van der Waals surface area contributed by atoms with E-state index in [-0.39, 0.29) is 0 Å². The van der Waals surface area contributed by atoms with E-state index in [4.69, 9.17) is 0 Å². The molecule has 0 saturated heterocycles. The van der Waals surface area contributed by atoms with Crippen LogP contribution in [0.1, 0.15) is 17.0 Å². The van der Waals surface area contributed by atoms with Gasteiger partial charge in [-0.15, -0.1) is 0 Å². The first-order valence-corrected chi connectivity index (χ1v) is 8.45. The van der Waals surface area contributed by atoms with Crippen LogP contribution in [0.25, 0.3) is 11.4 Å². The summed E-state index contributed by atoms with van der Waals surface area (Å²) < 4.78 is 6.34. The average molecular weight is 329 g/mol. The Morgan fingerprint density at radius 1 is 0.920 bits per heavy atom. The fraction of sp³-hybridized carbons (Fsp3) is 0.143. The third-order valence-electron chi connectivity index (χ3n) is 4.30. The summed E-state index contributed by atoms with van der Waals surface area (Å²) in [5.41, 5.74) is 5.64. The summed E-state index contributed by atoms with van der Waals surface area (Å²) >= 11 is 0. The number of aryl methyl sites for hydroxylation is 2. The van der Waals surface area contributed by atoms with Crippen molar-refractivity contribution in [1.82, 2.24) is 14.3 Å². The Morgan fingerprint density at radius 3 is 2.36 bits per heavy atom. The lowest BCUT2D eigenvalue weighted by Gasteiger charge is -2.08. The summed E-state index contributed by atoms with van der Waals surface area (Å²) in [6.45, 7) is 4.97.